The Labute approximate surface area is 184 Å². The number of hydrogen-bond acceptors (Lipinski definition) is 5. The van der Waals surface area contributed by atoms with E-state index in [9.17, 15) is 10.1 Å². The minimum atomic E-state index is -0.244. The van der Waals surface area contributed by atoms with Crippen molar-refractivity contribution in [1.29, 1.82) is 5.26 Å². The lowest BCUT2D eigenvalue weighted by atomic mass is 9.88. The van der Waals surface area contributed by atoms with Gasteiger partial charge in [0.25, 0.3) is 5.91 Å². The molecule has 0 spiro atoms. The van der Waals surface area contributed by atoms with Crippen molar-refractivity contribution in [2.75, 3.05) is 5.32 Å². The van der Waals surface area contributed by atoms with Crippen LogP contribution >= 0.6 is 11.3 Å². The van der Waals surface area contributed by atoms with E-state index in [0.29, 0.717) is 33.5 Å². The van der Waals surface area contributed by atoms with Crippen molar-refractivity contribution >= 4 is 33.1 Å². The summed E-state index contributed by atoms with van der Waals surface area (Å²) in [6.07, 6.45) is 2.93. The molecule has 3 heterocycles. The summed E-state index contributed by atoms with van der Waals surface area (Å²) in [4.78, 5) is 19.3. The number of pyridine rings is 1. The number of benzene rings is 1. The molecule has 4 aromatic rings. The molecule has 6 heteroatoms. The van der Waals surface area contributed by atoms with E-state index in [1.807, 2.05) is 43.3 Å². The molecule has 1 atom stereocenters. The monoisotopic (exact) mass is 427 g/mol. The molecule has 1 aliphatic carbocycles. The van der Waals surface area contributed by atoms with Gasteiger partial charge in [0.2, 0.25) is 0 Å². The zero-order chi connectivity index (χ0) is 21.5. The molecule has 31 heavy (non-hydrogen) atoms. The van der Waals surface area contributed by atoms with Crippen molar-refractivity contribution in [2.45, 2.75) is 33.1 Å². The molecule has 5 rings (SSSR count). The largest absolute Gasteiger partial charge is 0.460 e. The smallest absolute Gasteiger partial charge is 0.257 e. The molecule has 154 valence electrons. The summed E-state index contributed by atoms with van der Waals surface area (Å²) >= 11 is 1.53. The van der Waals surface area contributed by atoms with Crippen molar-refractivity contribution in [3.05, 3.63) is 69.8 Å². The molecule has 0 saturated heterocycles. The third-order valence-electron chi connectivity index (χ3n) is 5.80. The van der Waals surface area contributed by atoms with Gasteiger partial charge in [0, 0.05) is 10.3 Å². The normalized spacial score (nSPS) is 15.5. The van der Waals surface area contributed by atoms with Crippen LogP contribution in [0.4, 0.5) is 5.00 Å². The number of nitrogens with one attached hydrogen (secondary N) is 1. The number of rotatable bonds is 3. The fourth-order valence-electron chi connectivity index (χ4n) is 4.19. The molecule has 5 nitrogen and oxygen atoms in total. The maximum Gasteiger partial charge on any atom is 0.257 e. The van der Waals surface area contributed by atoms with Gasteiger partial charge in [-0.05, 0) is 61.9 Å². The van der Waals surface area contributed by atoms with Crippen LogP contribution in [0.15, 0.2) is 46.9 Å². The van der Waals surface area contributed by atoms with Crippen LogP contribution in [0.2, 0.25) is 0 Å². The van der Waals surface area contributed by atoms with Gasteiger partial charge >= 0.3 is 0 Å². The number of carbonyl (C=O) groups excluding carboxylic acids is 1. The van der Waals surface area contributed by atoms with Crippen LogP contribution in [0, 0.1) is 24.2 Å². The molecular weight excluding hydrogens is 406 g/mol. The molecule has 1 amide bonds. The van der Waals surface area contributed by atoms with E-state index in [1.165, 1.54) is 16.2 Å². The summed E-state index contributed by atoms with van der Waals surface area (Å²) < 4.78 is 5.74. The van der Waals surface area contributed by atoms with E-state index in [4.69, 9.17) is 4.42 Å². The van der Waals surface area contributed by atoms with Crippen LogP contribution in [0.1, 0.15) is 45.5 Å². The number of fused-ring (bicyclic) bond motifs is 2. The highest BCUT2D eigenvalue weighted by atomic mass is 32.1. The fourth-order valence-corrected chi connectivity index (χ4v) is 5.55. The molecule has 0 radical (unpaired) electrons. The Morgan fingerprint density at radius 1 is 1.29 bits per heavy atom. The summed E-state index contributed by atoms with van der Waals surface area (Å²) in [5.74, 6) is 1.76. The second kappa shape index (κ2) is 7.68. The maximum absolute atomic E-state index is 13.4. The highest BCUT2D eigenvalue weighted by Gasteiger charge is 2.25. The average Bonchev–Trinajstić information content (AvgIpc) is 3.35. The highest BCUT2D eigenvalue weighted by molar-refractivity contribution is 7.16. The number of amides is 1. The number of nitrogens with zero attached hydrogens (tertiary/aromatic N) is 2. The summed E-state index contributed by atoms with van der Waals surface area (Å²) in [6.45, 7) is 4.11. The van der Waals surface area contributed by atoms with Crippen molar-refractivity contribution in [1.82, 2.24) is 4.98 Å². The Kier molecular flexibility index (Phi) is 4.84. The highest BCUT2D eigenvalue weighted by Crippen LogP contribution is 2.39. The Morgan fingerprint density at radius 2 is 2.13 bits per heavy atom. The third-order valence-corrected chi connectivity index (χ3v) is 6.97. The van der Waals surface area contributed by atoms with Crippen LogP contribution in [-0.2, 0) is 12.8 Å². The number of aromatic nitrogens is 1. The van der Waals surface area contributed by atoms with Gasteiger partial charge in [-0.15, -0.1) is 11.3 Å². The van der Waals surface area contributed by atoms with Gasteiger partial charge in [0.1, 0.15) is 22.5 Å². The Morgan fingerprint density at radius 3 is 2.90 bits per heavy atom. The van der Waals surface area contributed by atoms with Crippen LogP contribution in [0.25, 0.3) is 22.4 Å². The fraction of sp³-hybridized carbons (Fsp3) is 0.240. The second-order valence-corrected chi connectivity index (χ2v) is 9.21. The van der Waals surface area contributed by atoms with Crippen LogP contribution in [0.5, 0.6) is 0 Å². The lowest BCUT2D eigenvalue weighted by Crippen LogP contribution is -2.13. The summed E-state index contributed by atoms with van der Waals surface area (Å²) in [5, 5.41) is 14.2. The van der Waals surface area contributed by atoms with E-state index >= 15 is 0 Å². The van der Waals surface area contributed by atoms with Gasteiger partial charge in [0.05, 0.1) is 16.6 Å². The van der Waals surface area contributed by atoms with Gasteiger partial charge in [-0.25, -0.2) is 4.98 Å². The van der Waals surface area contributed by atoms with Gasteiger partial charge in [-0.1, -0.05) is 25.1 Å². The number of furan rings is 1. The zero-order valence-corrected chi connectivity index (χ0v) is 18.2. The minimum Gasteiger partial charge on any atom is -0.460 e. The van der Waals surface area contributed by atoms with E-state index in [-0.39, 0.29) is 5.91 Å². The second-order valence-electron chi connectivity index (χ2n) is 8.10. The van der Waals surface area contributed by atoms with Crippen molar-refractivity contribution in [3.8, 4) is 17.5 Å². The summed E-state index contributed by atoms with van der Waals surface area (Å²) in [7, 11) is 0. The number of hydrogen-bond donors (Lipinski definition) is 1. The lowest BCUT2D eigenvalue weighted by molar-refractivity contribution is 0.102. The topological polar surface area (TPSA) is 78.9 Å². The number of thiophene rings is 1. The van der Waals surface area contributed by atoms with Crippen LogP contribution in [-0.4, -0.2) is 10.9 Å². The maximum atomic E-state index is 13.4. The van der Waals surface area contributed by atoms with Crippen molar-refractivity contribution < 1.29 is 9.21 Å². The number of carbonyl (C=O) groups is 1. The van der Waals surface area contributed by atoms with E-state index in [0.717, 1.165) is 41.5 Å². The van der Waals surface area contributed by atoms with Gasteiger partial charge < -0.3 is 9.73 Å². The summed E-state index contributed by atoms with van der Waals surface area (Å²) in [5.41, 5.74) is 3.56. The Bertz CT molecular complexity index is 1360. The quantitative estimate of drug-likeness (QED) is 0.428. The SMILES string of the molecule is Cc1ccc(-c2cc(C(=O)Nc3sc4c(c3C#N)CCC(C)C4)c3ccccc3n2)o1. The van der Waals surface area contributed by atoms with Gasteiger partial charge in [-0.2, -0.15) is 5.26 Å². The number of nitriles is 1. The predicted octanol–water partition coefficient (Wildman–Crippen LogP) is 6.11. The molecule has 0 bridgehead atoms. The standard InChI is InChI=1S/C25H21N3O2S/c1-14-7-9-17-19(13-26)25(31-23(17)11-14)28-24(29)18-12-21(22-10-8-15(2)30-22)27-20-6-4-3-5-16(18)20/h3-6,8,10,12,14H,7,9,11H2,1-2H3,(H,28,29). The Hall–Kier alpha value is -3.43. The molecule has 1 aromatic carbocycles. The zero-order valence-electron chi connectivity index (χ0n) is 17.4. The minimum absolute atomic E-state index is 0.244. The molecule has 0 saturated carbocycles. The van der Waals surface area contributed by atoms with Crippen molar-refractivity contribution in [3.63, 3.8) is 0 Å². The molecular formula is C25H21N3O2S. The molecule has 0 aliphatic heterocycles. The van der Waals surface area contributed by atoms with Gasteiger partial charge in [0.15, 0.2) is 5.76 Å². The van der Waals surface area contributed by atoms with Gasteiger partial charge in [-0.3, -0.25) is 4.79 Å². The number of aryl methyl sites for hydroxylation is 1. The molecule has 1 N–H and O–H groups in total. The molecule has 1 unspecified atom stereocenters. The van der Waals surface area contributed by atoms with E-state index < -0.39 is 0 Å². The first-order valence-electron chi connectivity index (χ1n) is 10.4. The first-order chi connectivity index (χ1) is 15.0. The van der Waals surface area contributed by atoms with Crippen molar-refractivity contribution in [2.24, 2.45) is 5.92 Å². The number of anilines is 1. The Balaban J connectivity index is 1.57. The van der Waals surface area contributed by atoms with E-state index in [1.54, 1.807) is 6.07 Å². The lowest BCUT2D eigenvalue weighted by Gasteiger charge is -2.17. The predicted molar refractivity (Wildman–Crippen MR) is 122 cm³/mol. The van der Waals surface area contributed by atoms with E-state index in [2.05, 4.69) is 23.3 Å². The molecule has 3 aromatic heterocycles. The first-order valence-corrected chi connectivity index (χ1v) is 11.2. The van der Waals surface area contributed by atoms with Crippen LogP contribution < -0.4 is 5.32 Å². The summed E-state index contributed by atoms with van der Waals surface area (Å²) in [6, 6.07) is 15.4. The number of para-hydroxylation sites is 1. The average molecular weight is 428 g/mol. The molecule has 1 aliphatic rings. The molecule has 0 fully saturated rings. The first kappa shape index (κ1) is 19.5. The van der Waals surface area contributed by atoms with Crippen LogP contribution in [0.3, 0.4) is 0 Å². The third kappa shape index (κ3) is 3.51.